The zero-order chi connectivity index (χ0) is 14.9. The van der Waals surface area contributed by atoms with E-state index in [0.29, 0.717) is 6.42 Å². The summed E-state index contributed by atoms with van der Waals surface area (Å²) in [7, 11) is 0. The van der Waals surface area contributed by atoms with Crippen molar-refractivity contribution in [3.05, 3.63) is 24.8 Å². The Morgan fingerprint density at radius 2 is 2.30 bits per heavy atom. The van der Waals surface area contributed by atoms with Crippen molar-refractivity contribution in [1.29, 1.82) is 0 Å². The standard InChI is InChI=1S/C15H18O5/c1-3-6-15-7-5-9(11(12(15)16)13(17)18)8-10(15)14(19)20-4-2/h3,5,7,9-11H,1,4,6,8H2,2H3,(H,17,18)/t9-,10-,11?,15+/m1/s1. The quantitative estimate of drug-likeness (QED) is 0.469. The van der Waals surface area contributed by atoms with E-state index in [1.165, 1.54) is 0 Å². The minimum absolute atomic E-state index is 0.241. The fourth-order valence-electron chi connectivity index (χ4n) is 3.35. The van der Waals surface area contributed by atoms with Crippen LogP contribution < -0.4 is 0 Å². The van der Waals surface area contributed by atoms with Gasteiger partial charge in [0.25, 0.3) is 0 Å². The molecule has 0 radical (unpaired) electrons. The number of carbonyl (C=O) groups is 3. The molecule has 0 heterocycles. The van der Waals surface area contributed by atoms with Gasteiger partial charge in [0.05, 0.1) is 17.9 Å². The molecule has 3 rings (SSSR count). The van der Waals surface area contributed by atoms with Crippen LogP contribution in [0.4, 0.5) is 0 Å². The maximum Gasteiger partial charge on any atom is 0.314 e. The molecular formula is C15H18O5. The first-order chi connectivity index (χ1) is 9.47. The van der Waals surface area contributed by atoms with Crippen LogP contribution in [0.1, 0.15) is 19.8 Å². The van der Waals surface area contributed by atoms with E-state index < -0.39 is 40.9 Å². The van der Waals surface area contributed by atoms with Crippen LogP contribution >= 0.6 is 0 Å². The highest BCUT2D eigenvalue weighted by Gasteiger charge is 2.59. The first-order valence-electron chi connectivity index (χ1n) is 6.72. The lowest BCUT2D eigenvalue weighted by Crippen LogP contribution is -2.56. The lowest BCUT2D eigenvalue weighted by molar-refractivity contribution is -0.167. The van der Waals surface area contributed by atoms with Crippen LogP contribution in [0.25, 0.3) is 0 Å². The Kier molecular flexibility index (Phi) is 3.79. The molecule has 0 aromatic carbocycles. The number of aliphatic carboxylic acids is 1. The van der Waals surface area contributed by atoms with Crippen LogP contribution in [-0.2, 0) is 19.1 Å². The second-order valence-electron chi connectivity index (χ2n) is 5.28. The molecule has 5 heteroatoms. The van der Waals surface area contributed by atoms with Gasteiger partial charge in [-0.15, -0.1) is 6.58 Å². The third-order valence-electron chi connectivity index (χ3n) is 4.26. The van der Waals surface area contributed by atoms with Crippen molar-refractivity contribution < 1.29 is 24.2 Å². The molecule has 2 bridgehead atoms. The molecule has 0 aromatic rings. The Hall–Kier alpha value is -1.91. The number of hydrogen-bond donors (Lipinski definition) is 1. The summed E-state index contributed by atoms with van der Waals surface area (Å²) in [5, 5.41) is 9.24. The fraction of sp³-hybridized carbons (Fsp3) is 0.533. The van der Waals surface area contributed by atoms with Gasteiger partial charge in [-0.3, -0.25) is 14.4 Å². The van der Waals surface area contributed by atoms with E-state index in [1.54, 1.807) is 25.2 Å². The van der Waals surface area contributed by atoms with Gasteiger partial charge in [-0.2, -0.15) is 0 Å². The Morgan fingerprint density at radius 1 is 1.60 bits per heavy atom. The lowest BCUT2D eigenvalue weighted by Gasteiger charge is -2.47. The molecule has 0 spiro atoms. The Bertz CT molecular complexity index is 492. The summed E-state index contributed by atoms with van der Waals surface area (Å²) in [6.45, 7) is 5.57. The van der Waals surface area contributed by atoms with Gasteiger partial charge in [-0.05, 0) is 25.7 Å². The first-order valence-corrected chi connectivity index (χ1v) is 6.72. The number of carboxylic acid groups (broad SMARTS) is 1. The summed E-state index contributed by atoms with van der Waals surface area (Å²) in [4.78, 5) is 36.0. The number of ketones is 1. The van der Waals surface area contributed by atoms with Crippen LogP contribution in [0.5, 0.6) is 0 Å². The van der Waals surface area contributed by atoms with Gasteiger partial charge in [-0.1, -0.05) is 18.2 Å². The number of carboxylic acids is 1. The van der Waals surface area contributed by atoms with Crippen LogP contribution in [-0.4, -0.2) is 29.4 Å². The molecule has 5 nitrogen and oxygen atoms in total. The summed E-state index contributed by atoms with van der Waals surface area (Å²) >= 11 is 0. The summed E-state index contributed by atoms with van der Waals surface area (Å²) in [5.41, 5.74) is -1.11. The molecule has 1 N–H and O–H groups in total. The third kappa shape index (κ3) is 1.97. The van der Waals surface area contributed by atoms with Gasteiger partial charge in [0.1, 0.15) is 5.92 Å². The molecule has 0 saturated heterocycles. The number of hydrogen-bond acceptors (Lipinski definition) is 4. The van der Waals surface area contributed by atoms with Crippen molar-refractivity contribution >= 4 is 17.7 Å². The second kappa shape index (κ2) is 5.23. The number of fused-ring (bicyclic) bond motifs is 2. The van der Waals surface area contributed by atoms with Gasteiger partial charge in [0, 0.05) is 0 Å². The average molecular weight is 278 g/mol. The van der Waals surface area contributed by atoms with Crippen LogP contribution in [0, 0.1) is 23.2 Å². The smallest absolute Gasteiger partial charge is 0.314 e. The molecule has 0 aromatic heterocycles. The number of rotatable bonds is 5. The zero-order valence-corrected chi connectivity index (χ0v) is 11.4. The van der Waals surface area contributed by atoms with Gasteiger partial charge >= 0.3 is 11.9 Å². The van der Waals surface area contributed by atoms with Gasteiger partial charge < -0.3 is 9.84 Å². The van der Waals surface area contributed by atoms with E-state index in [-0.39, 0.29) is 13.0 Å². The average Bonchev–Trinajstić information content (AvgIpc) is 2.40. The van der Waals surface area contributed by atoms with Crippen LogP contribution in [0.2, 0.25) is 0 Å². The Morgan fingerprint density at radius 3 is 2.85 bits per heavy atom. The molecule has 4 atom stereocenters. The van der Waals surface area contributed by atoms with Crippen molar-refractivity contribution in [1.82, 2.24) is 0 Å². The monoisotopic (exact) mass is 278 g/mol. The lowest BCUT2D eigenvalue weighted by atomic mass is 9.53. The molecule has 108 valence electrons. The number of allylic oxidation sites excluding steroid dienone is 3. The fourth-order valence-corrected chi connectivity index (χ4v) is 3.35. The maximum atomic E-state index is 12.6. The number of esters is 1. The van der Waals surface area contributed by atoms with Crippen LogP contribution in [0.3, 0.4) is 0 Å². The molecule has 3 aliphatic rings. The molecule has 1 saturated carbocycles. The van der Waals surface area contributed by atoms with Gasteiger partial charge in [0.2, 0.25) is 0 Å². The highest BCUT2D eigenvalue weighted by Crippen LogP contribution is 2.52. The summed E-state index contributed by atoms with van der Waals surface area (Å²) < 4.78 is 5.04. The predicted octanol–water partition coefficient (Wildman–Crippen LogP) is 1.59. The van der Waals surface area contributed by atoms with E-state index in [1.807, 2.05) is 0 Å². The normalized spacial score (nSPS) is 34.9. The minimum atomic E-state index is -1.12. The van der Waals surface area contributed by atoms with E-state index in [0.717, 1.165) is 0 Å². The number of ether oxygens (including phenoxy) is 1. The van der Waals surface area contributed by atoms with E-state index in [4.69, 9.17) is 4.74 Å². The van der Waals surface area contributed by atoms with E-state index in [9.17, 15) is 19.5 Å². The molecule has 3 aliphatic carbocycles. The molecule has 1 unspecified atom stereocenters. The minimum Gasteiger partial charge on any atom is -0.481 e. The SMILES string of the molecule is C=CC[C@]12C=C[C@H](C[C@@H]1C(=O)OCC)C(C(=O)O)C2=O. The number of carbonyl (C=O) groups excluding carboxylic acids is 2. The van der Waals surface area contributed by atoms with Crippen LogP contribution in [0.15, 0.2) is 24.8 Å². The van der Waals surface area contributed by atoms with Gasteiger partial charge in [0.15, 0.2) is 5.78 Å². The highest BCUT2D eigenvalue weighted by molar-refractivity contribution is 6.06. The number of Topliss-reactive ketones (excluding diaryl/α,β-unsaturated/α-hetero) is 1. The summed E-state index contributed by atoms with van der Waals surface area (Å²) in [6.07, 6.45) is 5.58. The third-order valence-corrected chi connectivity index (χ3v) is 4.26. The van der Waals surface area contributed by atoms with E-state index in [2.05, 4.69) is 6.58 Å². The molecule has 0 aliphatic heterocycles. The van der Waals surface area contributed by atoms with E-state index >= 15 is 0 Å². The topological polar surface area (TPSA) is 80.7 Å². The largest absolute Gasteiger partial charge is 0.481 e. The summed E-state index contributed by atoms with van der Waals surface area (Å²) in [6, 6.07) is 0. The highest BCUT2D eigenvalue weighted by atomic mass is 16.5. The molecule has 0 amide bonds. The van der Waals surface area contributed by atoms with Gasteiger partial charge in [-0.25, -0.2) is 0 Å². The van der Waals surface area contributed by atoms with Crippen molar-refractivity contribution in [2.24, 2.45) is 23.2 Å². The Labute approximate surface area is 117 Å². The van der Waals surface area contributed by atoms with Crippen molar-refractivity contribution in [3.8, 4) is 0 Å². The Balaban J connectivity index is 2.43. The molecule has 20 heavy (non-hydrogen) atoms. The first kappa shape index (κ1) is 14.5. The second-order valence-corrected chi connectivity index (χ2v) is 5.28. The predicted molar refractivity (Wildman–Crippen MR) is 70.7 cm³/mol. The van der Waals surface area contributed by atoms with Crippen molar-refractivity contribution in [3.63, 3.8) is 0 Å². The molecule has 1 fully saturated rings. The maximum absolute atomic E-state index is 12.6. The zero-order valence-electron chi connectivity index (χ0n) is 11.4. The molecular weight excluding hydrogens is 260 g/mol. The summed E-state index contributed by atoms with van der Waals surface area (Å²) in [5.74, 6) is -4.06. The van der Waals surface area contributed by atoms with Crippen molar-refractivity contribution in [2.45, 2.75) is 19.8 Å². The van der Waals surface area contributed by atoms with Crippen molar-refractivity contribution in [2.75, 3.05) is 6.61 Å².